The third-order valence-corrected chi connectivity index (χ3v) is 6.13. The molecular weight excluding hydrogens is 213 g/mol. The molecule has 0 N–H and O–H groups in total. The van der Waals surface area contributed by atoms with Gasteiger partial charge in [0.15, 0.2) is 0 Å². The lowest BCUT2D eigenvalue weighted by atomic mass is 9.64. The zero-order valence-electron chi connectivity index (χ0n) is 11.6. The maximum Gasteiger partial charge on any atom is 0.105 e. The second-order valence-corrected chi connectivity index (χ2v) is 7.51. The van der Waals surface area contributed by atoms with Crippen molar-refractivity contribution in [3.8, 4) is 0 Å². The Kier molecular flexibility index (Phi) is 2.44. The van der Waals surface area contributed by atoms with Gasteiger partial charge in [0.05, 0.1) is 0 Å². The third-order valence-electron chi connectivity index (χ3n) is 6.13. The Bertz CT molecular complexity index is 315. The van der Waals surface area contributed by atoms with Crippen molar-refractivity contribution in [3.05, 3.63) is 0 Å². The summed E-state index contributed by atoms with van der Waals surface area (Å²) in [6.07, 6.45) is 7.68. The van der Waals surface area contributed by atoms with E-state index in [9.17, 15) is 4.39 Å². The Hall–Kier alpha value is -0.110. The molecule has 0 aromatic rings. The first-order valence-corrected chi connectivity index (χ1v) is 7.30. The van der Waals surface area contributed by atoms with Crippen LogP contribution >= 0.6 is 0 Å². The van der Waals surface area contributed by atoms with Gasteiger partial charge in [0.1, 0.15) is 6.67 Å². The summed E-state index contributed by atoms with van der Waals surface area (Å²) < 4.78 is 13.2. The van der Waals surface area contributed by atoms with Crippen LogP contribution in [0.15, 0.2) is 0 Å². The summed E-state index contributed by atoms with van der Waals surface area (Å²) in [4.78, 5) is 2.57. The Morgan fingerprint density at radius 3 is 2.41 bits per heavy atom. The van der Waals surface area contributed by atoms with Gasteiger partial charge in [0, 0.05) is 11.6 Å². The number of fused-ring (bicyclic) bond motifs is 1. The van der Waals surface area contributed by atoms with E-state index in [4.69, 9.17) is 0 Å². The number of rotatable bonds is 2. The summed E-state index contributed by atoms with van der Waals surface area (Å²) in [6.45, 7) is 8.20. The fourth-order valence-electron chi connectivity index (χ4n) is 5.21. The highest BCUT2D eigenvalue weighted by atomic mass is 19.1. The van der Waals surface area contributed by atoms with E-state index in [-0.39, 0.29) is 12.7 Å². The zero-order valence-corrected chi connectivity index (χ0v) is 11.6. The molecular formula is C15H26FN. The van der Waals surface area contributed by atoms with Crippen LogP contribution in [0.1, 0.15) is 59.3 Å². The summed E-state index contributed by atoms with van der Waals surface area (Å²) in [5.41, 5.74) is 1.23. The van der Waals surface area contributed by atoms with E-state index in [1.165, 1.54) is 32.1 Å². The lowest BCUT2D eigenvalue weighted by molar-refractivity contribution is 0.000982. The quantitative estimate of drug-likeness (QED) is 0.709. The van der Waals surface area contributed by atoms with Gasteiger partial charge in [-0.25, -0.2) is 4.39 Å². The molecule has 3 aliphatic rings. The van der Waals surface area contributed by atoms with Crippen LogP contribution in [0.5, 0.6) is 0 Å². The molecule has 17 heavy (non-hydrogen) atoms. The third kappa shape index (κ3) is 1.34. The molecule has 2 heteroatoms. The van der Waals surface area contributed by atoms with Gasteiger partial charge >= 0.3 is 0 Å². The molecule has 2 heterocycles. The van der Waals surface area contributed by atoms with Gasteiger partial charge < -0.3 is 0 Å². The highest BCUT2D eigenvalue weighted by molar-refractivity contribution is 5.22. The smallest absolute Gasteiger partial charge is 0.105 e. The average molecular weight is 239 g/mol. The second-order valence-electron chi connectivity index (χ2n) is 7.51. The first-order chi connectivity index (χ1) is 7.97. The summed E-state index contributed by atoms with van der Waals surface area (Å²) in [6, 6.07) is 0.234. The topological polar surface area (TPSA) is 3.24 Å². The van der Waals surface area contributed by atoms with E-state index in [0.717, 1.165) is 13.0 Å². The first kappa shape index (κ1) is 12.0. The van der Waals surface area contributed by atoms with Gasteiger partial charge in [-0.2, -0.15) is 0 Å². The summed E-state index contributed by atoms with van der Waals surface area (Å²) in [7, 11) is 0. The van der Waals surface area contributed by atoms with Gasteiger partial charge in [-0.1, -0.05) is 20.8 Å². The monoisotopic (exact) mass is 239 g/mol. The number of hydrogen-bond donors (Lipinski definition) is 0. The minimum atomic E-state index is -0.137. The standard InChI is InChI=1S/C15H26FN/c1-13(2,3)14(8-9-14)15-6-4-10-17(15)12(11-16)5-7-15/h12H,4-11H2,1-3H3. The molecule has 1 saturated carbocycles. The molecule has 2 atom stereocenters. The fourth-order valence-corrected chi connectivity index (χ4v) is 5.21. The number of halogens is 1. The molecule has 3 fully saturated rings. The highest BCUT2D eigenvalue weighted by Crippen LogP contribution is 2.71. The molecule has 2 aliphatic heterocycles. The molecule has 0 aromatic carbocycles. The van der Waals surface area contributed by atoms with Crippen LogP contribution in [0.3, 0.4) is 0 Å². The van der Waals surface area contributed by atoms with Crippen LogP contribution in [0.2, 0.25) is 0 Å². The minimum Gasteiger partial charge on any atom is -0.292 e. The zero-order chi connectivity index (χ0) is 12.3. The summed E-state index contributed by atoms with van der Waals surface area (Å²) in [5.74, 6) is 0. The number of alkyl halides is 1. The predicted octanol–water partition coefficient (Wildman–Crippen LogP) is 3.78. The molecule has 0 amide bonds. The van der Waals surface area contributed by atoms with E-state index in [1.807, 2.05) is 0 Å². The van der Waals surface area contributed by atoms with Crippen LogP contribution in [0.4, 0.5) is 4.39 Å². The van der Waals surface area contributed by atoms with Crippen molar-refractivity contribution in [2.45, 2.75) is 70.9 Å². The molecule has 0 radical (unpaired) electrons. The average Bonchev–Trinajstić information content (AvgIpc) is 2.85. The van der Waals surface area contributed by atoms with E-state index >= 15 is 0 Å². The lowest BCUT2D eigenvalue weighted by Crippen LogP contribution is -2.53. The van der Waals surface area contributed by atoms with Crippen molar-refractivity contribution in [3.63, 3.8) is 0 Å². The Morgan fingerprint density at radius 1 is 1.18 bits per heavy atom. The molecule has 2 unspecified atom stereocenters. The number of nitrogens with zero attached hydrogens (tertiary/aromatic N) is 1. The molecule has 1 aliphatic carbocycles. The summed E-state index contributed by atoms with van der Waals surface area (Å²) in [5, 5.41) is 0. The van der Waals surface area contributed by atoms with Crippen molar-refractivity contribution in [1.82, 2.24) is 4.90 Å². The van der Waals surface area contributed by atoms with Crippen molar-refractivity contribution in [2.75, 3.05) is 13.2 Å². The molecule has 0 bridgehead atoms. The van der Waals surface area contributed by atoms with Gasteiger partial charge in [-0.15, -0.1) is 0 Å². The maximum atomic E-state index is 13.2. The SMILES string of the molecule is CC(C)(C)C1(C23CCCN2C(CF)CC3)CC1. The largest absolute Gasteiger partial charge is 0.292 e. The van der Waals surface area contributed by atoms with Crippen LogP contribution in [-0.2, 0) is 0 Å². The van der Waals surface area contributed by atoms with Crippen LogP contribution in [0, 0.1) is 10.8 Å². The predicted molar refractivity (Wildman–Crippen MR) is 68.8 cm³/mol. The molecule has 0 spiro atoms. The first-order valence-electron chi connectivity index (χ1n) is 7.30. The molecule has 3 rings (SSSR count). The second kappa shape index (κ2) is 3.46. The van der Waals surface area contributed by atoms with E-state index in [0.29, 0.717) is 16.4 Å². The Morgan fingerprint density at radius 2 is 1.88 bits per heavy atom. The van der Waals surface area contributed by atoms with Crippen LogP contribution < -0.4 is 0 Å². The van der Waals surface area contributed by atoms with Crippen LogP contribution in [0.25, 0.3) is 0 Å². The Balaban J connectivity index is 1.96. The normalized spacial score (nSPS) is 40.6. The summed E-state index contributed by atoms with van der Waals surface area (Å²) >= 11 is 0. The fraction of sp³-hybridized carbons (Fsp3) is 1.00. The minimum absolute atomic E-state index is 0.137. The van der Waals surface area contributed by atoms with Crippen molar-refractivity contribution in [1.29, 1.82) is 0 Å². The Labute approximate surface area is 105 Å². The molecule has 98 valence electrons. The van der Waals surface area contributed by atoms with Gasteiger partial charge in [-0.3, -0.25) is 4.90 Å². The van der Waals surface area contributed by atoms with Gasteiger partial charge in [-0.05, 0) is 55.9 Å². The molecule has 2 saturated heterocycles. The van der Waals surface area contributed by atoms with Crippen molar-refractivity contribution < 1.29 is 4.39 Å². The number of hydrogen-bond acceptors (Lipinski definition) is 1. The van der Waals surface area contributed by atoms with Crippen molar-refractivity contribution in [2.24, 2.45) is 10.8 Å². The highest BCUT2D eigenvalue weighted by Gasteiger charge is 2.69. The van der Waals surface area contributed by atoms with Gasteiger partial charge in [0.2, 0.25) is 0 Å². The van der Waals surface area contributed by atoms with Crippen molar-refractivity contribution >= 4 is 0 Å². The van der Waals surface area contributed by atoms with E-state index < -0.39 is 0 Å². The van der Waals surface area contributed by atoms with E-state index in [2.05, 4.69) is 25.7 Å². The molecule has 0 aromatic heterocycles. The molecule has 1 nitrogen and oxygen atoms in total. The maximum absolute atomic E-state index is 13.2. The van der Waals surface area contributed by atoms with Gasteiger partial charge in [0.25, 0.3) is 0 Å². The van der Waals surface area contributed by atoms with E-state index in [1.54, 1.807) is 0 Å². The van der Waals surface area contributed by atoms with Crippen LogP contribution in [-0.4, -0.2) is 29.7 Å². The lowest BCUT2D eigenvalue weighted by Gasteiger charge is -2.49.